The predicted octanol–water partition coefficient (Wildman–Crippen LogP) is 6.39. The summed E-state index contributed by atoms with van der Waals surface area (Å²) in [6.07, 6.45) is 10.1. The smallest absolute Gasteiger partial charge is 0.200 e. The van der Waals surface area contributed by atoms with E-state index in [-0.39, 0.29) is 17.8 Å². The van der Waals surface area contributed by atoms with Gasteiger partial charge in [-0.25, -0.2) is 4.39 Å². The Balaban J connectivity index is 1.40. The maximum absolute atomic E-state index is 14.5. The lowest BCUT2D eigenvalue weighted by Crippen LogP contribution is -2.31. The summed E-state index contributed by atoms with van der Waals surface area (Å²) in [5.41, 5.74) is 0.475. The van der Waals surface area contributed by atoms with Crippen LogP contribution in [0.2, 0.25) is 0 Å². The van der Waals surface area contributed by atoms with E-state index in [2.05, 4.69) is 6.92 Å². The van der Waals surface area contributed by atoms with Gasteiger partial charge in [0.25, 0.3) is 0 Å². The van der Waals surface area contributed by atoms with E-state index in [4.69, 9.17) is 14.2 Å². The van der Waals surface area contributed by atoms with Gasteiger partial charge in [0.2, 0.25) is 5.82 Å². The molecule has 1 aliphatic carbocycles. The molecule has 2 aliphatic rings. The van der Waals surface area contributed by atoms with Gasteiger partial charge in [-0.1, -0.05) is 25.8 Å². The molecule has 3 rings (SSSR count). The topological polar surface area (TPSA) is 27.7 Å². The van der Waals surface area contributed by atoms with Gasteiger partial charge in [-0.2, -0.15) is 4.39 Å². The van der Waals surface area contributed by atoms with Crippen LogP contribution in [0.1, 0.15) is 83.1 Å². The average molecular weight is 411 g/mol. The van der Waals surface area contributed by atoms with Crippen molar-refractivity contribution in [2.45, 2.75) is 89.8 Å². The Morgan fingerprint density at radius 3 is 2.45 bits per heavy atom. The quantitative estimate of drug-likeness (QED) is 0.472. The van der Waals surface area contributed by atoms with Gasteiger partial charge in [-0.05, 0) is 69.4 Å². The molecule has 5 heteroatoms. The van der Waals surface area contributed by atoms with E-state index in [0.717, 1.165) is 45.3 Å². The van der Waals surface area contributed by atoms with Crippen molar-refractivity contribution in [3.63, 3.8) is 0 Å². The number of unbranched alkanes of at least 4 members (excludes halogenated alkanes) is 1. The van der Waals surface area contributed by atoms with Crippen LogP contribution in [-0.4, -0.2) is 32.0 Å². The van der Waals surface area contributed by atoms with Crippen LogP contribution in [-0.2, 0) is 9.47 Å². The van der Waals surface area contributed by atoms with Crippen LogP contribution < -0.4 is 4.74 Å². The number of hydrogen-bond donors (Lipinski definition) is 0. The molecule has 1 aromatic carbocycles. The lowest BCUT2D eigenvalue weighted by molar-refractivity contribution is -0.0650. The Morgan fingerprint density at radius 2 is 1.79 bits per heavy atom. The van der Waals surface area contributed by atoms with E-state index in [0.29, 0.717) is 24.2 Å². The van der Waals surface area contributed by atoms with E-state index in [1.807, 2.05) is 0 Å². The molecular weight excluding hydrogens is 374 g/mol. The molecule has 2 fully saturated rings. The largest absolute Gasteiger partial charge is 0.491 e. The van der Waals surface area contributed by atoms with Crippen molar-refractivity contribution in [1.29, 1.82) is 0 Å². The third-order valence-electron chi connectivity index (χ3n) is 6.40. The molecule has 0 bridgehead atoms. The number of rotatable bonds is 9. The third kappa shape index (κ3) is 6.14. The second-order valence-electron chi connectivity index (χ2n) is 8.56. The highest BCUT2D eigenvalue weighted by Gasteiger charge is 2.28. The predicted molar refractivity (Wildman–Crippen MR) is 110 cm³/mol. The molecule has 2 unspecified atom stereocenters. The highest BCUT2D eigenvalue weighted by atomic mass is 19.2. The van der Waals surface area contributed by atoms with Crippen molar-refractivity contribution in [3.8, 4) is 5.75 Å². The van der Waals surface area contributed by atoms with Crippen molar-refractivity contribution in [2.75, 3.05) is 19.8 Å². The molecule has 0 amide bonds. The fraction of sp³-hybridized carbons (Fsp3) is 0.750. The van der Waals surface area contributed by atoms with Gasteiger partial charge >= 0.3 is 0 Å². The molecule has 0 N–H and O–H groups in total. The van der Waals surface area contributed by atoms with E-state index in [1.165, 1.54) is 25.7 Å². The molecule has 1 aliphatic heterocycles. The number of benzene rings is 1. The molecule has 164 valence electrons. The van der Waals surface area contributed by atoms with Crippen LogP contribution in [0.3, 0.4) is 0 Å². The van der Waals surface area contributed by atoms with Crippen LogP contribution in [0, 0.1) is 17.6 Å². The normalized spacial score (nSPS) is 27.7. The van der Waals surface area contributed by atoms with Crippen LogP contribution >= 0.6 is 0 Å². The molecule has 29 heavy (non-hydrogen) atoms. The molecule has 0 aromatic heterocycles. The first-order valence-electron chi connectivity index (χ1n) is 11.5. The van der Waals surface area contributed by atoms with Crippen molar-refractivity contribution in [1.82, 2.24) is 0 Å². The maximum atomic E-state index is 14.5. The van der Waals surface area contributed by atoms with Gasteiger partial charge < -0.3 is 14.2 Å². The summed E-state index contributed by atoms with van der Waals surface area (Å²) in [6, 6.07) is 3.24. The van der Waals surface area contributed by atoms with Gasteiger partial charge in [0, 0.05) is 5.92 Å². The van der Waals surface area contributed by atoms with Crippen LogP contribution in [0.25, 0.3) is 0 Å². The highest BCUT2D eigenvalue weighted by molar-refractivity contribution is 5.33. The standard InChI is InChI=1S/C24H36F2O3/c1-3-5-6-19-10-7-17(15-28-19)16-29-20-11-8-18(9-12-20)21-13-14-22(27-4-2)24(26)23(21)25/h13-14,17-20H,3-12,15-16H2,1-2H3. The molecule has 1 aromatic rings. The summed E-state index contributed by atoms with van der Waals surface area (Å²) in [7, 11) is 0. The molecule has 1 saturated carbocycles. The Morgan fingerprint density at radius 1 is 1.00 bits per heavy atom. The van der Waals surface area contributed by atoms with Crippen molar-refractivity contribution in [2.24, 2.45) is 5.92 Å². The van der Waals surface area contributed by atoms with E-state index in [9.17, 15) is 8.78 Å². The van der Waals surface area contributed by atoms with Crippen molar-refractivity contribution in [3.05, 3.63) is 29.3 Å². The maximum Gasteiger partial charge on any atom is 0.200 e. The average Bonchev–Trinajstić information content (AvgIpc) is 2.75. The van der Waals surface area contributed by atoms with Gasteiger partial charge in [-0.15, -0.1) is 0 Å². The SMILES string of the molecule is CCCCC1CCC(COC2CCC(c3ccc(OCC)c(F)c3F)CC2)CO1. The summed E-state index contributed by atoms with van der Waals surface area (Å²) in [5, 5.41) is 0. The minimum Gasteiger partial charge on any atom is -0.491 e. The first kappa shape index (κ1) is 22.5. The Labute approximate surface area is 174 Å². The minimum absolute atomic E-state index is 0.00240. The monoisotopic (exact) mass is 410 g/mol. The molecule has 1 saturated heterocycles. The van der Waals surface area contributed by atoms with Gasteiger partial charge in [-0.3, -0.25) is 0 Å². The zero-order valence-electron chi connectivity index (χ0n) is 17.9. The Kier molecular flexibility index (Phi) is 8.73. The fourth-order valence-corrected chi connectivity index (χ4v) is 4.59. The first-order valence-corrected chi connectivity index (χ1v) is 11.5. The molecular formula is C24H36F2O3. The van der Waals surface area contributed by atoms with E-state index in [1.54, 1.807) is 19.1 Å². The minimum atomic E-state index is -0.864. The van der Waals surface area contributed by atoms with Gasteiger partial charge in [0.1, 0.15) is 0 Å². The summed E-state index contributed by atoms with van der Waals surface area (Å²) in [5.74, 6) is -1.08. The Bertz CT molecular complexity index is 621. The summed E-state index contributed by atoms with van der Waals surface area (Å²) < 4.78 is 45.9. The van der Waals surface area contributed by atoms with Gasteiger partial charge in [0.15, 0.2) is 11.6 Å². The number of hydrogen-bond acceptors (Lipinski definition) is 3. The lowest BCUT2D eigenvalue weighted by Gasteiger charge is -2.32. The molecule has 0 spiro atoms. The highest BCUT2D eigenvalue weighted by Crippen LogP contribution is 2.37. The summed E-state index contributed by atoms with van der Waals surface area (Å²) >= 11 is 0. The second-order valence-corrected chi connectivity index (χ2v) is 8.56. The molecule has 3 nitrogen and oxygen atoms in total. The fourth-order valence-electron chi connectivity index (χ4n) is 4.59. The molecule has 0 radical (unpaired) electrons. The zero-order chi connectivity index (χ0) is 20.6. The molecule has 1 heterocycles. The Hall–Kier alpha value is -1.20. The van der Waals surface area contributed by atoms with Crippen LogP contribution in [0.4, 0.5) is 8.78 Å². The van der Waals surface area contributed by atoms with Crippen molar-refractivity contribution < 1.29 is 23.0 Å². The lowest BCUT2D eigenvalue weighted by atomic mass is 9.82. The van der Waals surface area contributed by atoms with E-state index >= 15 is 0 Å². The second kappa shape index (κ2) is 11.3. The summed E-state index contributed by atoms with van der Waals surface area (Å²) in [6.45, 7) is 5.86. The number of ether oxygens (including phenoxy) is 3. The third-order valence-corrected chi connectivity index (χ3v) is 6.40. The van der Waals surface area contributed by atoms with E-state index < -0.39 is 11.6 Å². The van der Waals surface area contributed by atoms with Crippen LogP contribution in [0.5, 0.6) is 5.75 Å². The zero-order valence-corrected chi connectivity index (χ0v) is 17.9. The summed E-state index contributed by atoms with van der Waals surface area (Å²) in [4.78, 5) is 0. The van der Waals surface area contributed by atoms with Crippen molar-refractivity contribution >= 4 is 0 Å². The first-order chi connectivity index (χ1) is 14.1. The van der Waals surface area contributed by atoms with Gasteiger partial charge in [0.05, 0.1) is 32.0 Å². The number of halogens is 2. The van der Waals surface area contributed by atoms with Crippen LogP contribution in [0.15, 0.2) is 12.1 Å². The molecule has 2 atom stereocenters.